The molecule has 2 N–H and O–H groups in total. The van der Waals surface area contributed by atoms with Crippen molar-refractivity contribution in [1.82, 2.24) is 4.72 Å². The van der Waals surface area contributed by atoms with E-state index in [9.17, 15) is 13.5 Å². The number of rotatable bonds is 9. The summed E-state index contributed by atoms with van der Waals surface area (Å²) in [5.74, 6) is 0.576. The predicted octanol–water partition coefficient (Wildman–Crippen LogP) is 1.89. The molecule has 0 bridgehead atoms. The fourth-order valence-corrected chi connectivity index (χ4v) is 4.37. The summed E-state index contributed by atoms with van der Waals surface area (Å²) in [6.45, 7) is 6.91. The normalized spacial score (nSPS) is 12.2. The van der Waals surface area contributed by atoms with Gasteiger partial charge in [0.15, 0.2) is 0 Å². The molecule has 0 spiro atoms. The highest BCUT2D eigenvalue weighted by Gasteiger charge is 2.22. The van der Waals surface area contributed by atoms with Gasteiger partial charge in [0.2, 0.25) is 10.0 Å². The van der Waals surface area contributed by atoms with Crippen molar-refractivity contribution in [3.63, 3.8) is 0 Å². The molecule has 0 aliphatic rings. The van der Waals surface area contributed by atoms with Gasteiger partial charge in [0.25, 0.3) is 0 Å². The standard InChI is InChI=1S/C13H23NO4S2/c1-10(2)4-6-18-7-5-14-20(16,17)13-11(3)9-19-12(13)8-15/h9-10,14-15H,4-8H2,1-3H3. The van der Waals surface area contributed by atoms with Gasteiger partial charge in [0.05, 0.1) is 18.1 Å². The van der Waals surface area contributed by atoms with Crippen LogP contribution in [0.2, 0.25) is 0 Å². The second kappa shape index (κ2) is 8.09. The summed E-state index contributed by atoms with van der Waals surface area (Å²) < 4.78 is 32.2. The molecule has 5 nitrogen and oxygen atoms in total. The van der Waals surface area contributed by atoms with Crippen LogP contribution >= 0.6 is 11.3 Å². The first-order valence-electron chi connectivity index (χ1n) is 6.63. The number of aliphatic hydroxyl groups is 1. The Hall–Kier alpha value is -0.470. The van der Waals surface area contributed by atoms with E-state index < -0.39 is 10.0 Å². The van der Waals surface area contributed by atoms with Crippen LogP contribution in [0.5, 0.6) is 0 Å². The smallest absolute Gasteiger partial charge is 0.242 e. The van der Waals surface area contributed by atoms with Crippen LogP contribution in [-0.4, -0.2) is 33.3 Å². The van der Waals surface area contributed by atoms with Crippen LogP contribution in [0.4, 0.5) is 0 Å². The van der Waals surface area contributed by atoms with Crippen molar-refractivity contribution in [3.05, 3.63) is 15.8 Å². The molecule has 0 aliphatic carbocycles. The molecule has 0 aromatic carbocycles. The van der Waals surface area contributed by atoms with E-state index in [0.29, 0.717) is 29.6 Å². The van der Waals surface area contributed by atoms with E-state index in [1.54, 1.807) is 12.3 Å². The zero-order valence-corrected chi connectivity index (χ0v) is 13.8. The molecule has 0 atom stereocenters. The molecule has 1 heterocycles. The molecule has 0 aliphatic heterocycles. The zero-order valence-electron chi connectivity index (χ0n) is 12.2. The molecule has 1 rings (SSSR count). The molecular formula is C13H23NO4S2. The molecule has 0 amide bonds. The summed E-state index contributed by atoms with van der Waals surface area (Å²) in [5.41, 5.74) is 0.660. The maximum atomic E-state index is 12.2. The van der Waals surface area contributed by atoms with E-state index in [-0.39, 0.29) is 18.0 Å². The summed E-state index contributed by atoms with van der Waals surface area (Å²) in [6, 6.07) is 0. The fourth-order valence-electron chi connectivity index (χ4n) is 1.70. The SMILES string of the molecule is Cc1csc(CO)c1S(=O)(=O)NCCOCCC(C)C. The number of thiophene rings is 1. The van der Waals surface area contributed by atoms with Gasteiger partial charge in [-0.25, -0.2) is 13.1 Å². The van der Waals surface area contributed by atoms with Gasteiger partial charge in [-0.2, -0.15) is 0 Å². The lowest BCUT2D eigenvalue weighted by Crippen LogP contribution is -2.28. The van der Waals surface area contributed by atoms with Gasteiger partial charge >= 0.3 is 0 Å². The summed E-state index contributed by atoms with van der Waals surface area (Å²) in [4.78, 5) is 0.669. The molecule has 0 saturated carbocycles. The first kappa shape index (κ1) is 17.6. The molecule has 0 saturated heterocycles. The van der Waals surface area contributed by atoms with E-state index in [1.165, 1.54) is 11.3 Å². The average molecular weight is 321 g/mol. The molecular weight excluding hydrogens is 298 g/mol. The topological polar surface area (TPSA) is 75.6 Å². The van der Waals surface area contributed by atoms with Gasteiger partial charge in [-0.3, -0.25) is 0 Å². The van der Waals surface area contributed by atoms with Crippen molar-refractivity contribution in [2.75, 3.05) is 19.8 Å². The van der Waals surface area contributed by atoms with E-state index in [4.69, 9.17) is 4.74 Å². The maximum Gasteiger partial charge on any atom is 0.242 e. The minimum absolute atomic E-state index is 0.201. The zero-order chi connectivity index (χ0) is 15.2. The number of hydrogen-bond donors (Lipinski definition) is 2. The van der Waals surface area contributed by atoms with Gasteiger partial charge in [-0.05, 0) is 30.2 Å². The Kier molecular flexibility index (Phi) is 7.11. The van der Waals surface area contributed by atoms with Crippen LogP contribution in [0, 0.1) is 12.8 Å². The van der Waals surface area contributed by atoms with E-state index in [1.807, 2.05) is 0 Å². The number of hydrogen-bond acceptors (Lipinski definition) is 5. The predicted molar refractivity (Wildman–Crippen MR) is 80.4 cm³/mol. The van der Waals surface area contributed by atoms with Gasteiger partial charge < -0.3 is 9.84 Å². The second-order valence-corrected chi connectivity index (χ2v) is 7.69. The Bertz CT molecular complexity index is 508. The maximum absolute atomic E-state index is 12.2. The fraction of sp³-hybridized carbons (Fsp3) is 0.692. The first-order chi connectivity index (χ1) is 9.38. The van der Waals surface area contributed by atoms with E-state index >= 15 is 0 Å². The summed E-state index contributed by atoms with van der Waals surface area (Å²) in [5, 5.41) is 10.9. The first-order valence-corrected chi connectivity index (χ1v) is 9.00. The second-order valence-electron chi connectivity index (χ2n) is 5.02. The Balaban J connectivity index is 2.48. The lowest BCUT2D eigenvalue weighted by Gasteiger charge is -2.09. The van der Waals surface area contributed by atoms with Crippen molar-refractivity contribution < 1.29 is 18.3 Å². The lowest BCUT2D eigenvalue weighted by atomic mass is 10.1. The molecule has 116 valence electrons. The van der Waals surface area contributed by atoms with Crippen molar-refractivity contribution in [3.8, 4) is 0 Å². The summed E-state index contributed by atoms with van der Waals surface area (Å²) in [6.07, 6.45) is 0.963. The largest absolute Gasteiger partial charge is 0.391 e. The van der Waals surface area contributed by atoms with Gasteiger partial charge in [-0.1, -0.05) is 13.8 Å². The quantitative estimate of drug-likeness (QED) is 0.681. The highest BCUT2D eigenvalue weighted by molar-refractivity contribution is 7.89. The number of aliphatic hydroxyl groups excluding tert-OH is 1. The highest BCUT2D eigenvalue weighted by atomic mass is 32.2. The van der Waals surface area contributed by atoms with Crippen molar-refractivity contribution in [2.24, 2.45) is 5.92 Å². The lowest BCUT2D eigenvalue weighted by molar-refractivity contribution is 0.128. The highest BCUT2D eigenvalue weighted by Crippen LogP contribution is 2.26. The Labute approximate surface area is 125 Å². The third-order valence-electron chi connectivity index (χ3n) is 2.78. The van der Waals surface area contributed by atoms with Gasteiger partial charge in [-0.15, -0.1) is 11.3 Å². The van der Waals surface area contributed by atoms with Crippen molar-refractivity contribution in [1.29, 1.82) is 0 Å². The molecule has 0 fully saturated rings. The van der Waals surface area contributed by atoms with Crippen LogP contribution in [0.25, 0.3) is 0 Å². The Morgan fingerprint density at radius 1 is 1.40 bits per heavy atom. The van der Waals surface area contributed by atoms with Crippen LogP contribution in [0.1, 0.15) is 30.7 Å². The van der Waals surface area contributed by atoms with Gasteiger partial charge in [0, 0.05) is 13.2 Å². The number of sulfonamides is 1. The van der Waals surface area contributed by atoms with Crippen molar-refractivity contribution in [2.45, 2.75) is 38.7 Å². The summed E-state index contributed by atoms with van der Waals surface area (Å²) in [7, 11) is -3.57. The van der Waals surface area contributed by atoms with Crippen LogP contribution in [0.3, 0.4) is 0 Å². The third kappa shape index (κ3) is 5.14. The van der Waals surface area contributed by atoms with Crippen LogP contribution < -0.4 is 4.72 Å². The van der Waals surface area contributed by atoms with Crippen LogP contribution in [0.15, 0.2) is 10.3 Å². The minimum atomic E-state index is -3.57. The number of nitrogens with one attached hydrogen (secondary N) is 1. The molecule has 1 aromatic heterocycles. The molecule has 1 aromatic rings. The number of ether oxygens (including phenoxy) is 1. The molecule has 7 heteroatoms. The van der Waals surface area contributed by atoms with Crippen LogP contribution in [-0.2, 0) is 21.4 Å². The van der Waals surface area contributed by atoms with Crippen molar-refractivity contribution >= 4 is 21.4 Å². The average Bonchev–Trinajstić information content (AvgIpc) is 2.75. The summed E-state index contributed by atoms with van der Waals surface area (Å²) >= 11 is 1.25. The third-order valence-corrected chi connectivity index (χ3v) is 5.69. The van der Waals surface area contributed by atoms with Gasteiger partial charge in [0.1, 0.15) is 4.90 Å². The molecule has 0 unspecified atom stereocenters. The Morgan fingerprint density at radius 2 is 2.10 bits per heavy atom. The monoisotopic (exact) mass is 321 g/mol. The minimum Gasteiger partial charge on any atom is -0.391 e. The molecule has 20 heavy (non-hydrogen) atoms. The van der Waals surface area contributed by atoms with E-state index in [2.05, 4.69) is 18.6 Å². The van der Waals surface area contributed by atoms with E-state index in [0.717, 1.165) is 6.42 Å². The molecule has 0 radical (unpaired) electrons. The number of aryl methyl sites for hydroxylation is 1. The Morgan fingerprint density at radius 3 is 2.70 bits per heavy atom.